The number of rotatable bonds is 4. The molecule has 1 aromatic rings. The first-order valence-corrected chi connectivity index (χ1v) is 7.58. The second-order valence-corrected chi connectivity index (χ2v) is 6.18. The van der Waals surface area contributed by atoms with Crippen LogP contribution in [0.4, 0.5) is 0 Å². The highest BCUT2D eigenvalue weighted by Crippen LogP contribution is 2.22. The first-order valence-electron chi connectivity index (χ1n) is 6.70. The molecule has 100 valence electrons. The fourth-order valence-corrected chi connectivity index (χ4v) is 3.26. The van der Waals surface area contributed by atoms with Crippen LogP contribution in [0.15, 0.2) is 17.5 Å². The summed E-state index contributed by atoms with van der Waals surface area (Å²) in [7, 11) is 1.94. The second kappa shape index (κ2) is 6.34. The summed E-state index contributed by atoms with van der Waals surface area (Å²) in [6.07, 6.45) is 5.71. The van der Waals surface area contributed by atoms with Crippen molar-refractivity contribution in [2.75, 3.05) is 7.05 Å². The molecule has 4 heteroatoms. The number of carbonyl (C=O) groups is 1. The van der Waals surface area contributed by atoms with Crippen molar-refractivity contribution in [3.8, 4) is 0 Å². The number of hydrogen-bond acceptors (Lipinski definition) is 3. The summed E-state index contributed by atoms with van der Waals surface area (Å²) < 4.78 is 0. The molecule has 18 heavy (non-hydrogen) atoms. The maximum absolute atomic E-state index is 12.1. The molecule has 1 fully saturated rings. The smallest absolute Gasteiger partial charge is 0.222 e. The van der Waals surface area contributed by atoms with Gasteiger partial charge in [0.2, 0.25) is 5.91 Å². The first-order chi connectivity index (χ1) is 8.66. The predicted molar refractivity (Wildman–Crippen MR) is 75.6 cm³/mol. The van der Waals surface area contributed by atoms with Crippen LogP contribution in [-0.4, -0.2) is 29.9 Å². The fourth-order valence-electron chi connectivity index (χ4n) is 2.55. The maximum Gasteiger partial charge on any atom is 0.222 e. The molecule has 1 saturated carbocycles. The third kappa shape index (κ3) is 3.56. The van der Waals surface area contributed by atoms with E-state index in [1.165, 1.54) is 4.88 Å². The quantitative estimate of drug-likeness (QED) is 0.909. The average molecular weight is 266 g/mol. The van der Waals surface area contributed by atoms with E-state index in [9.17, 15) is 4.79 Å². The lowest BCUT2D eigenvalue weighted by molar-refractivity contribution is -0.132. The van der Waals surface area contributed by atoms with Crippen molar-refractivity contribution in [2.45, 2.75) is 50.6 Å². The monoisotopic (exact) mass is 266 g/mol. The molecule has 0 spiro atoms. The molecule has 2 N–H and O–H groups in total. The van der Waals surface area contributed by atoms with E-state index >= 15 is 0 Å². The number of nitrogens with zero attached hydrogens (tertiary/aromatic N) is 1. The second-order valence-electron chi connectivity index (χ2n) is 5.15. The largest absolute Gasteiger partial charge is 0.343 e. The molecule has 0 atom stereocenters. The van der Waals surface area contributed by atoms with Crippen molar-refractivity contribution in [2.24, 2.45) is 5.73 Å². The Morgan fingerprint density at radius 1 is 1.44 bits per heavy atom. The normalized spacial score (nSPS) is 23.9. The Hall–Kier alpha value is -0.870. The number of hydrogen-bond donors (Lipinski definition) is 1. The number of amides is 1. The average Bonchev–Trinajstić information content (AvgIpc) is 2.89. The lowest BCUT2D eigenvalue weighted by Gasteiger charge is -2.33. The van der Waals surface area contributed by atoms with Gasteiger partial charge in [0.1, 0.15) is 0 Å². The van der Waals surface area contributed by atoms with Gasteiger partial charge in [0.25, 0.3) is 0 Å². The molecule has 0 aliphatic heterocycles. The molecule has 3 nitrogen and oxygen atoms in total. The molecule has 0 saturated heterocycles. The van der Waals surface area contributed by atoms with E-state index in [-0.39, 0.29) is 5.91 Å². The van der Waals surface area contributed by atoms with Gasteiger partial charge in [-0.05, 0) is 43.6 Å². The fraction of sp³-hybridized carbons (Fsp3) is 0.643. The molecule has 1 aromatic heterocycles. The minimum Gasteiger partial charge on any atom is -0.343 e. The Bertz CT molecular complexity index is 369. The third-order valence-electron chi connectivity index (χ3n) is 3.85. The lowest BCUT2D eigenvalue weighted by Crippen LogP contribution is -2.41. The van der Waals surface area contributed by atoms with Gasteiger partial charge in [0, 0.05) is 30.4 Å². The van der Waals surface area contributed by atoms with Gasteiger partial charge < -0.3 is 10.6 Å². The molecule has 0 radical (unpaired) electrons. The van der Waals surface area contributed by atoms with Gasteiger partial charge in [-0.3, -0.25) is 4.79 Å². The molecular weight excluding hydrogens is 244 g/mol. The minimum atomic E-state index is 0.267. The summed E-state index contributed by atoms with van der Waals surface area (Å²) >= 11 is 1.73. The van der Waals surface area contributed by atoms with Crippen molar-refractivity contribution in [1.82, 2.24) is 4.90 Å². The van der Waals surface area contributed by atoms with Crippen LogP contribution in [0.3, 0.4) is 0 Å². The highest BCUT2D eigenvalue weighted by Gasteiger charge is 2.24. The first kappa shape index (κ1) is 13.6. The van der Waals surface area contributed by atoms with Crippen LogP contribution in [0.1, 0.15) is 37.0 Å². The zero-order chi connectivity index (χ0) is 13.0. The van der Waals surface area contributed by atoms with Gasteiger partial charge in [-0.1, -0.05) is 6.07 Å². The van der Waals surface area contributed by atoms with E-state index in [0.717, 1.165) is 32.1 Å². The van der Waals surface area contributed by atoms with Crippen molar-refractivity contribution in [3.05, 3.63) is 22.4 Å². The highest BCUT2D eigenvalue weighted by molar-refractivity contribution is 7.09. The molecule has 0 bridgehead atoms. The van der Waals surface area contributed by atoms with Gasteiger partial charge in [-0.2, -0.15) is 0 Å². The zero-order valence-corrected chi connectivity index (χ0v) is 11.8. The number of thiophene rings is 1. The Kier molecular flexibility index (Phi) is 4.78. The summed E-state index contributed by atoms with van der Waals surface area (Å²) in [5, 5.41) is 2.06. The predicted octanol–water partition coefficient (Wildman–Crippen LogP) is 2.41. The number of nitrogens with two attached hydrogens (primary N) is 1. The zero-order valence-electron chi connectivity index (χ0n) is 11.0. The van der Waals surface area contributed by atoms with E-state index in [0.29, 0.717) is 18.5 Å². The molecule has 1 amide bonds. The standard InChI is InChI=1S/C14H22N2OS/c1-16(12-6-4-11(15)5-7-12)14(17)9-8-13-3-2-10-18-13/h2-3,10-12H,4-9,15H2,1H3. The summed E-state index contributed by atoms with van der Waals surface area (Å²) in [6.45, 7) is 0. The Labute approximate surface area is 113 Å². The third-order valence-corrected chi connectivity index (χ3v) is 4.78. The number of aryl methyl sites for hydroxylation is 1. The molecule has 2 rings (SSSR count). The van der Waals surface area contributed by atoms with E-state index in [1.54, 1.807) is 11.3 Å². The van der Waals surface area contributed by atoms with Crippen LogP contribution >= 0.6 is 11.3 Å². The molecule has 1 heterocycles. The maximum atomic E-state index is 12.1. The van der Waals surface area contributed by atoms with Crippen molar-refractivity contribution in [3.63, 3.8) is 0 Å². The topological polar surface area (TPSA) is 46.3 Å². The van der Waals surface area contributed by atoms with Gasteiger partial charge in [0.05, 0.1) is 0 Å². The van der Waals surface area contributed by atoms with Crippen LogP contribution < -0.4 is 5.73 Å². The molecule has 0 unspecified atom stereocenters. The number of carbonyl (C=O) groups excluding carboxylic acids is 1. The Balaban J connectivity index is 1.77. The van der Waals surface area contributed by atoms with Crippen LogP contribution in [0.5, 0.6) is 0 Å². The van der Waals surface area contributed by atoms with Crippen molar-refractivity contribution < 1.29 is 4.79 Å². The minimum absolute atomic E-state index is 0.267. The van der Waals surface area contributed by atoms with E-state index in [4.69, 9.17) is 5.73 Å². The molecule has 1 aliphatic carbocycles. The molecular formula is C14H22N2OS. The van der Waals surface area contributed by atoms with Crippen molar-refractivity contribution >= 4 is 17.2 Å². The van der Waals surface area contributed by atoms with Gasteiger partial charge in [0.15, 0.2) is 0 Å². The van der Waals surface area contributed by atoms with E-state index < -0.39 is 0 Å². The van der Waals surface area contributed by atoms with Gasteiger partial charge in [-0.25, -0.2) is 0 Å². The molecule has 0 aromatic carbocycles. The van der Waals surface area contributed by atoms with Gasteiger partial charge >= 0.3 is 0 Å². The van der Waals surface area contributed by atoms with Gasteiger partial charge in [-0.15, -0.1) is 11.3 Å². The SMILES string of the molecule is CN(C(=O)CCc1cccs1)C1CCC(N)CC1. The summed E-state index contributed by atoms with van der Waals surface area (Å²) in [6, 6.07) is 4.88. The Morgan fingerprint density at radius 3 is 2.78 bits per heavy atom. The van der Waals surface area contributed by atoms with Crippen molar-refractivity contribution in [1.29, 1.82) is 0 Å². The van der Waals surface area contributed by atoms with Crippen LogP contribution in [0, 0.1) is 0 Å². The van der Waals surface area contributed by atoms with Crippen LogP contribution in [0.25, 0.3) is 0 Å². The van der Waals surface area contributed by atoms with Crippen LogP contribution in [0.2, 0.25) is 0 Å². The Morgan fingerprint density at radius 2 is 2.17 bits per heavy atom. The summed E-state index contributed by atoms with van der Waals surface area (Å²) in [5.41, 5.74) is 5.89. The van der Waals surface area contributed by atoms with E-state index in [2.05, 4.69) is 11.4 Å². The van der Waals surface area contributed by atoms with E-state index in [1.807, 2.05) is 18.0 Å². The molecule has 1 aliphatic rings. The lowest BCUT2D eigenvalue weighted by atomic mass is 9.91. The summed E-state index contributed by atoms with van der Waals surface area (Å²) in [4.78, 5) is 15.4. The van der Waals surface area contributed by atoms with Crippen LogP contribution in [-0.2, 0) is 11.2 Å². The highest BCUT2D eigenvalue weighted by atomic mass is 32.1. The summed E-state index contributed by atoms with van der Waals surface area (Å²) in [5.74, 6) is 0.267.